The van der Waals surface area contributed by atoms with Crippen molar-refractivity contribution in [2.45, 2.75) is 84.3 Å². The van der Waals surface area contributed by atoms with Crippen molar-refractivity contribution >= 4 is 10.5 Å². The molecule has 1 rings (SSSR count). The van der Waals surface area contributed by atoms with Gasteiger partial charge in [-0.2, -0.15) is 0 Å². The standard InChI is InChI=1S/C21H38O2Si/c1-6-20(23-24)19-14-12-18(13-15-19)11-7-9-17(2)10-8-16-21(3,4)22-5/h12-15,17,20H,6-11,16H2,1-5,24H3. The molecule has 0 bridgehead atoms. The van der Waals surface area contributed by atoms with Crippen molar-refractivity contribution in [3.05, 3.63) is 35.4 Å². The fourth-order valence-corrected chi connectivity index (χ4v) is 3.82. The maximum atomic E-state index is 5.64. The van der Waals surface area contributed by atoms with Crippen LogP contribution in [0.25, 0.3) is 0 Å². The van der Waals surface area contributed by atoms with Crippen LogP contribution in [-0.2, 0) is 15.6 Å². The summed E-state index contributed by atoms with van der Waals surface area (Å²) in [6.45, 7) is 8.93. The normalized spacial score (nSPS) is 14.7. The Morgan fingerprint density at radius 2 is 1.71 bits per heavy atom. The number of methoxy groups -OCH3 is 1. The summed E-state index contributed by atoms with van der Waals surface area (Å²) in [5, 5.41) is 0. The molecule has 138 valence electrons. The lowest BCUT2D eigenvalue weighted by Crippen LogP contribution is -2.22. The summed E-state index contributed by atoms with van der Waals surface area (Å²) in [4.78, 5) is 0. The van der Waals surface area contributed by atoms with Crippen LogP contribution in [-0.4, -0.2) is 23.2 Å². The molecule has 0 spiro atoms. The molecule has 2 atom stereocenters. The minimum atomic E-state index is 0.0303. The van der Waals surface area contributed by atoms with E-state index in [2.05, 4.69) is 52.0 Å². The van der Waals surface area contributed by atoms with Crippen LogP contribution in [0.1, 0.15) is 83.5 Å². The van der Waals surface area contributed by atoms with Gasteiger partial charge < -0.3 is 9.16 Å². The monoisotopic (exact) mass is 350 g/mol. The SMILES string of the molecule is CCC(O[SiH3])c1ccc(CCCC(C)CCCC(C)(C)OC)cc1. The average molecular weight is 351 g/mol. The number of benzene rings is 1. The summed E-state index contributed by atoms with van der Waals surface area (Å²) in [6, 6.07) is 9.06. The highest BCUT2D eigenvalue weighted by Gasteiger charge is 2.16. The van der Waals surface area contributed by atoms with E-state index in [0.29, 0.717) is 6.10 Å². The number of ether oxygens (including phenoxy) is 1. The van der Waals surface area contributed by atoms with Crippen molar-refractivity contribution in [3.8, 4) is 0 Å². The predicted octanol–water partition coefficient (Wildman–Crippen LogP) is 4.99. The molecule has 2 nitrogen and oxygen atoms in total. The molecule has 0 N–H and O–H groups in total. The van der Waals surface area contributed by atoms with Gasteiger partial charge in [-0.3, -0.25) is 0 Å². The van der Waals surface area contributed by atoms with Crippen LogP contribution in [0.15, 0.2) is 24.3 Å². The first-order valence-corrected chi connectivity index (χ1v) is 10.4. The van der Waals surface area contributed by atoms with Crippen LogP contribution in [0.5, 0.6) is 0 Å². The largest absolute Gasteiger partial charge is 0.421 e. The van der Waals surface area contributed by atoms with Gasteiger partial charge in [-0.05, 0) is 56.6 Å². The lowest BCUT2D eigenvalue weighted by atomic mass is 9.93. The van der Waals surface area contributed by atoms with Gasteiger partial charge in [0, 0.05) is 7.11 Å². The Bertz CT molecular complexity index is 438. The van der Waals surface area contributed by atoms with Gasteiger partial charge in [0.25, 0.3) is 0 Å². The summed E-state index contributed by atoms with van der Waals surface area (Å²) in [5.74, 6) is 0.805. The molecule has 24 heavy (non-hydrogen) atoms. The fraction of sp³-hybridized carbons (Fsp3) is 0.714. The first-order chi connectivity index (χ1) is 11.4. The molecule has 3 heteroatoms. The van der Waals surface area contributed by atoms with Gasteiger partial charge >= 0.3 is 0 Å². The topological polar surface area (TPSA) is 18.5 Å². The second-order valence-corrected chi connectivity index (χ2v) is 8.20. The van der Waals surface area contributed by atoms with E-state index in [4.69, 9.17) is 9.16 Å². The lowest BCUT2D eigenvalue weighted by Gasteiger charge is -2.23. The molecule has 1 aromatic rings. The van der Waals surface area contributed by atoms with E-state index in [0.717, 1.165) is 29.2 Å². The number of hydrogen-bond acceptors (Lipinski definition) is 2. The Morgan fingerprint density at radius 1 is 1.08 bits per heavy atom. The van der Waals surface area contributed by atoms with Crippen molar-refractivity contribution in [3.63, 3.8) is 0 Å². The minimum Gasteiger partial charge on any atom is -0.421 e. The van der Waals surface area contributed by atoms with E-state index >= 15 is 0 Å². The molecular weight excluding hydrogens is 312 g/mol. The third-order valence-electron chi connectivity index (χ3n) is 5.20. The molecule has 0 amide bonds. The zero-order chi connectivity index (χ0) is 18.0. The zero-order valence-electron chi connectivity index (χ0n) is 16.7. The molecule has 2 unspecified atom stereocenters. The molecule has 0 radical (unpaired) electrons. The summed E-state index contributed by atoms with van der Waals surface area (Å²) in [5.41, 5.74) is 2.81. The van der Waals surface area contributed by atoms with Crippen molar-refractivity contribution in [1.82, 2.24) is 0 Å². The first-order valence-electron chi connectivity index (χ1n) is 9.58. The van der Waals surface area contributed by atoms with Crippen LogP contribution < -0.4 is 0 Å². The van der Waals surface area contributed by atoms with E-state index in [1.807, 2.05) is 7.11 Å². The van der Waals surface area contributed by atoms with Gasteiger partial charge in [0.1, 0.15) is 10.5 Å². The Hall–Kier alpha value is -0.643. The predicted molar refractivity (Wildman–Crippen MR) is 108 cm³/mol. The Morgan fingerprint density at radius 3 is 2.25 bits per heavy atom. The highest BCUT2D eigenvalue weighted by molar-refractivity contribution is 5.98. The molecule has 0 aliphatic heterocycles. The number of rotatable bonds is 12. The molecule has 0 saturated carbocycles. The van der Waals surface area contributed by atoms with E-state index in [-0.39, 0.29) is 5.60 Å². The van der Waals surface area contributed by atoms with Gasteiger partial charge in [-0.1, -0.05) is 57.4 Å². The summed E-state index contributed by atoms with van der Waals surface area (Å²) >= 11 is 0. The zero-order valence-corrected chi connectivity index (χ0v) is 18.7. The van der Waals surface area contributed by atoms with Crippen molar-refractivity contribution in [2.75, 3.05) is 7.11 Å². The third-order valence-corrected chi connectivity index (χ3v) is 5.77. The van der Waals surface area contributed by atoms with Crippen LogP contribution in [0.2, 0.25) is 0 Å². The molecule has 0 aliphatic carbocycles. The van der Waals surface area contributed by atoms with Crippen LogP contribution >= 0.6 is 0 Å². The van der Waals surface area contributed by atoms with Crippen LogP contribution in [0, 0.1) is 5.92 Å². The smallest absolute Gasteiger partial charge is 0.146 e. The molecule has 0 aliphatic rings. The maximum Gasteiger partial charge on any atom is 0.146 e. The Kier molecular flexibility index (Phi) is 9.87. The van der Waals surface area contributed by atoms with E-state index < -0.39 is 0 Å². The van der Waals surface area contributed by atoms with E-state index in [1.54, 1.807) is 0 Å². The summed E-state index contributed by atoms with van der Waals surface area (Å²) < 4.78 is 11.1. The molecule has 0 aromatic heterocycles. The molecule has 1 aromatic carbocycles. The van der Waals surface area contributed by atoms with Crippen molar-refractivity contribution in [1.29, 1.82) is 0 Å². The molecular formula is C21H38O2Si. The van der Waals surface area contributed by atoms with Gasteiger partial charge in [0.2, 0.25) is 0 Å². The molecule has 0 saturated heterocycles. The Labute approximate surface area is 152 Å². The maximum absolute atomic E-state index is 5.64. The molecule has 0 fully saturated rings. The second-order valence-electron chi connectivity index (χ2n) is 7.73. The quantitative estimate of drug-likeness (QED) is 0.494. The van der Waals surface area contributed by atoms with E-state index in [1.165, 1.54) is 43.2 Å². The number of hydrogen-bond donors (Lipinski definition) is 0. The highest BCUT2D eigenvalue weighted by Crippen LogP contribution is 2.23. The van der Waals surface area contributed by atoms with Gasteiger partial charge in [0.05, 0.1) is 11.7 Å². The average Bonchev–Trinajstić information content (AvgIpc) is 2.57. The van der Waals surface area contributed by atoms with Gasteiger partial charge in [-0.15, -0.1) is 0 Å². The first kappa shape index (κ1) is 21.4. The molecule has 0 heterocycles. The third kappa shape index (κ3) is 7.95. The highest BCUT2D eigenvalue weighted by atomic mass is 28.2. The fourth-order valence-electron chi connectivity index (χ4n) is 3.21. The minimum absolute atomic E-state index is 0.0303. The van der Waals surface area contributed by atoms with Crippen LogP contribution in [0.3, 0.4) is 0 Å². The number of aryl methyl sites for hydroxylation is 1. The lowest BCUT2D eigenvalue weighted by molar-refractivity contribution is 0.0127. The second kappa shape index (κ2) is 11.1. The van der Waals surface area contributed by atoms with Crippen LogP contribution in [0.4, 0.5) is 0 Å². The van der Waals surface area contributed by atoms with Gasteiger partial charge in [-0.25, -0.2) is 0 Å². The van der Waals surface area contributed by atoms with Crippen molar-refractivity contribution in [2.24, 2.45) is 5.92 Å². The Balaban J connectivity index is 2.27. The van der Waals surface area contributed by atoms with E-state index in [9.17, 15) is 0 Å². The summed E-state index contributed by atoms with van der Waals surface area (Å²) in [6.07, 6.45) is 8.85. The summed E-state index contributed by atoms with van der Waals surface area (Å²) in [7, 11) is 2.62. The van der Waals surface area contributed by atoms with Crippen molar-refractivity contribution < 1.29 is 9.16 Å². The van der Waals surface area contributed by atoms with Gasteiger partial charge in [0.15, 0.2) is 0 Å².